The Kier molecular flexibility index (Phi) is 43.7. The van der Waals surface area contributed by atoms with Crippen LogP contribution in [0.25, 0.3) is 0 Å². The average molecular weight is 1700 g/mol. The number of nitrogens with zero attached hydrogens (tertiary/aromatic N) is 2. The lowest BCUT2D eigenvalue weighted by Gasteiger charge is -2.31. The highest BCUT2D eigenvalue weighted by molar-refractivity contribution is 7.98. The molecule has 16 atom stereocenters. The minimum absolute atomic E-state index is 0.0625. The topological polar surface area (TPSA) is 728 Å². The fraction of sp³-hybridized carbons (Fsp3) is 0.592. The van der Waals surface area contributed by atoms with E-state index in [0.29, 0.717) is 17.7 Å². The van der Waals surface area contributed by atoms with Crippen molar-refractivity contribution in [3.05, 3.63) is 54.1 Å². The Hall–Kier alpha value is -11.7. The number of imidazole rings is 1. The Labute approximate surface area is 687 Å². The van der Waals surface area contributed by atoms with Gasteiger partial charge in [-0.15, -0.1) is 0 Å². The molecule has 0 bridgehead atoms. The summed E-state index contributed by atoms with van der Waals surface area (Å²) in [4.78, 5) is 261. The first-order chi connectivity index (χ1) is 55.6. The van der Waals surface area contributed by atoms with Gasteiger partial charge in [-0.2, -0.15) is 24.4 Å². The molecule has 27 N–H and O–H groups in total. The molecule has 2 heterocycles. The first-order valence-corrected chi connectivity index (χ1v) is 39.6. The number of likely N-dealkylation sites (tertiary alicyclic amines) is 1. The van der Waals surface area contributed by atoms with E-state index in [-0.39, 0.29) is 69.7 Å². The predicted molar refractivity (Wildman–Crippen MR) is 422 cm³/mol. The molecule has 2 aromatic rings. The van der Waals surface area contributed by atoms with E-state index in [9.17, 15) is 112 Å². The lowest BCUT2D eigenvalue weighted by atomic mass is 9.96. The summed E-state index contributed by atoms with van der Waals surface area (Å²) in [5.41, 5.74) is 17.3. The molecule has 1 aliphatic rings. The number of guanidine groups is 1. The van der Waals surface area contributed by atoms with E-state index in [1.165, 1.54) is 38.1 Å². The van der Waals surface area contributed by atoms with Crippen molar-refractivity contribution in [3.63, 3.8) is 0 Å². The molecule has 0 radical (unpaired) electrons. The first kappa shape index (κ1) is 100. The van der Waals surface area contributed by atoms with E-state index >= 15 is 0 Å². The fourth-order valence-corrected chi connectivity index (χ4v) is 12.3. The quantitative estimate of drug-likeness (QED) is 0.0127. The second kappa shape index (κ2) is 51.4. The Balaban J connectivity index is 1.80. The molecular weight excluding hydrogens is 1600 g/mol. The van der Waals surface area contributed by atoms with Crippen LogP contribution < -0.4 is 91.6 Å². The molecule has 0 spiro atoms. The monoisotopic (exact) mass is 1700 g/mol. The van der Waals surface area contributed by atoms with Gasteiger partial charge in [-0.25, -0.2) is 9.78 Å². The maximum Gasteiger partial charge on any atom is 0.326 e. The van der Waals surface area contributed by atoms with Crippen LogP contribution in [-0.2, 0) is 104 Å². The Bertz CT molecular complexity index is 3850. The molecule has 45 nitrogen and oxygen atoms in total. The van der Waals surface area contributed by atoms with E-state index in [1.54, 1.807) is 50.4 Å². The van der Waals surface area contributed by atoms with Crippen molar-refractivity contribution in [2.24, 2.45) is 23.1 Å². The van der Waals surface area contributed by atoms with Crippen molar-refractivity contribution < 1.29 is 117 Å². The second-order valence-corrected chi connectivity index (χ2v) is 29.2. The number of primary amides is 1. The van der Waals surface area contributed by atoms with Crippen LogP contribution in [0.2, 0.25) is 0 Å². The molecule has 47 heteroatoms. The van der Waals surface area contributed by atoms with Gasteiger partial charge in [0.2, 0.25) is 88.6 Å². The standard InChI is InChI=1S/C71H109N21O24S2/c1-7-34(2)55(90-65(110)45(27-38-13-9-8-10-14-38)82-51(95)31-78-57(102)35(3)80-60(105)41(17-20-52(96)97)83-58(103)36(4)81-61(106)43(23-26-118-6)84-59(104)40(72)15-11-24-77-71(74)75)67(112)88-46(28-39-30-76-33-79-39)63(108)89-48(32-117)69(114)92-25-12-16-49(92)66(111)91-56(37(5)93)68(113)85-42(18-21-53(98)99)62(107)87-47(29-50(73)94)64(109)86-44(70(115)116)19-22-54(100)101/h8-10,13-14,30,33-37,40-49,55-56,93,117H,7,11-12,15-29,31-32,72H2,1-6H3,(H2,73,94)(H,76,79)(H,78,102)(H,80,105)(H,81,106)(H,82,95)(H,83,103)(H,84,104)(H,85,113)(H,86,109)(H,87,107)(H,88,112)(H,89,108)(H,90,110)(H,91,111)(H,96,97)(H,98,99)(H,100,101)(H,115,116)(H4,74,75,77)/t34-,35-,36-,37+,40-,41-,42-,43-,44-,45-,46-,47-,48-,49-,55-,56-/m0/s1. The van der Waals surface area contributed by atoms with Crippen LogP contribution in [0.4, 0.5) is 0 Å². The zero-order chi connectivity index (χ0) is 88.6. The normalized spacial score (nSPS) is 16.1. The summed E-state index contributed by atoms with van der Waals surface area (Å²) in [6, 6.07) is -13.6. The smallest absolute Gasteiger partial charge is 0.326 e. The summed E-state index contributed by atoms with van der Waals surface area (Å²) >= 11 is 5.70. The van der Waals surface area contributed by atoms with Gasteiger partial charge >= 0.3 is 23.9 Å². The van der Waals surface area contributed by atoms with Gasteiger partial charge in [-0.3, -0.25) is 91.7 Å². The number of aromatic amines is 1. The van der Waals surface area contributed by atoms with Gasteiger partial charge in [0.05, 0.1) is 37.1 Å². The van der Waals surface area contributed by atoms with Crippen molar-refractivity contribution in [3.8, 4) is 0 Å². The largest absolute Gasteiger partial charge is 0.481 e. The number of aliphatic hydroxyl groups is 1. The van der Waals surface area contributed by atoms with Crippen molar-refractivity contribution in [1.29, 1.82) is 5.41 Å². The molecule has 3 rings (SSSR count). The molecule has 1 aliphatic heterocycles. The molecule has 0 unspecified atom stereocenters. The molecule has 0 saturated carbocycles. The van der Waals surface area contributed by atoms with Crippen LogP contribution in [-0.4, -0.2) is 287 Å². The Morgan fingerprint density at radius 1 is 0.576 bits per heavy atom. The highest BCUT2D eigenvalue weighted by atomic mass is 32.2. The summed E-state index contributed by atoms with van der Waals surface area (Å²) in [7, 11) is 0. The van der Waals surface area contributed by atoms with E-state index in [0.717, 1.165) is 11.8 Å². The number of H-pyrrole nitrogens is 1. The minimum atomic E-state index is -1.97. The number of carboxylic acid groups (broad SMARTS) is 4. The van der Waals surface area contributed by atoms with Crippen LogP contribution in [0.5, 0.6) is 0 Å². The molecule has 0 aliphatic carbocycles. The molecule has 1 fully saturated rings. The molecule has 15 amide bonds. The highest BCUT2D eigenvalue weighted by Gasteiger charge is 2.42. The number of carboxylic acids is 4. The van der Waals surface area contributed by atoms with Crippen molar-refractivity contribution in [2.75, 3.05) is 37.4 Å². The fourth-order valence-electron chi connectivity index (χ4n) is 11.6. The van der Waals surface area contributed by atoms with Gasteiger partial charge in [0, 0.05) is 57.1 Å². The predicted octanol–water partition coefficient (Wildman–Crippen LogP) is -7.59. The Morgan fingerprint density at radius 2 is 1.07 bits per heavy atom. The third-order valence-electron chi connectivity index (χ3n) is 18.4. The van der Waals surface area contributed by atoms with E-state index in [1.807, 2.05) is 5.32 Å². The molecular formula is C71H109N21O24S2. The number of benzene rings is 1. The van der Waals surface area contributed by atoms with Gasteiger partial charge in [0.1, 0.15) is 78.5 Å². The number of hydrogen-bond acceptors (Lipinski definition) is 25. The van der Waals surface area contributed by atoms with E-state index < -0.39 is 266 Å². The maximum atomic E-state index is 14.7. The molecule has 1 saturated heterocycles. The Morgan fingerprint density at radius 3 is 1.60 bits per heavy atom. The number of aromatic nitrogens is 2. The lowest BCUT2D eigenvalue weighted by Crippen LogP contribution is -2.62. The molecule has 1 aromatic heterocycles. The highest BCUT2D eigenvalue weighted by Crippen LogP contribution is 2.21. The average Bonchev–Trinajstić information content (AvgIpc) is 1.52. The van der Waals surface area contributed by atoms with Crippen LogP contribution >= 0.6 is 24.4 Å². The molecule has 1 aromatic carbocycles. The zero-order valence-corrected chi connectivity index (χ0v) is 67.6. The number of rotatable bonds is 54. The minimum Gasteiger partial charge on any atom is -0.481 e. The molecule has 118 heavy (non-hydrogen) atoms. The summed E-state index contributed by atoms with van der Waals surface area (Å²) in [6.45, 7) is 6.14. The third-order valence-corrected chi connectivity index (χ3v) is 19.4. The number of thiol groups is 1. The van der Waals surface area contributed by atoms with Crippen LogP contribution in [0, 0.1) is 11.3 Å². The number of aliphatic carboxylic acids is 4. The number of thioether (sulfide) groups is 1. The van der Waals surface area contributed by atoms with Gasteiger partial charge in [-0.1, -0.05) is 50.6 Å². The first-order valence-electron chi connectivity index (χ1n) is 37.6. The summed E-state index contributed by atoms with van der Waals surface area (Å²) < 4.78 is 0. The third kappa shape index (κ3) is 35.8. The number of carbonyl (C=O) groups excluding carboxylic acids is 15. The number of carbonyl (C=O) groups is 19. The summed E-state index contributed by atoms with van der Waals surface area (Å²) in [5.74, 6) is -22.3. The SMILES string of the molecule is CC[C@H](C)[C@H](NC(=O)[C@H](Cc1ccccc1)NC(=O)CNC(=O)[C@H](C)NC(=O)[C@H](CCC(=O)O)NC(=O)[C@H](C)NC(=O)[C@H](CCSC)NC(=O)[C@@H](N)CCCNC(=N)N)C(=O)N[C@@H](Cc1c[nH]cn1)C(=O)N[C@@H](CS)C(=O)N1CCC[C@H]1C(=O)N[C@H](C(=O)N[C@@H](CCC(=O)O)C(=O)N[C@@H](CC(N)=O)C(=O)N[C@@H](CCC(=O)O)C(=O)O)[C@@H](C)O. The van der Waals surface area contributed by atoms with E-state index in [2.05, 4.69) is 91.7 Å². The number of nitrogens with one attached hydrogen (secondary N) is 16. The number of aliphatic hydroxyl groups excluding tert-OH is 1. The van der Waals surface area contributed by atoms with Crippen molar-refractivity contribution in [2.45, 2.75) is 222 Å². The van der Waals surface area contributed by atoms with Gasteiger partial charge < -0.3 is 127 Å². The van der Waals surface area contributed by atoms with Crippen LogP contribution in [0.1, 0.15) is 129 Å². The maximum absolute atomic E-state index is 14.7. The van der Waals surface area contributed by atoms with Crippen LogP contribution in [0.15, 0.2) is 42.9 Å². The van der Waals surface area contributed by atoms with Crippen molar-refractivity contribution in [1.82, 2.24) is 89.3 Å². The zero-order valence-electron chi connectivity index (χ0n) is 65.9. The van der Waals surface area contributed by atoms with Crippen LogP contribution in [0.3, 0.4) is 0 Å². The summed E-state index contributed by atoms with van der Waals surface area (Å²) in [5, 5.41) is 89.5. The van der Waals surface area contributed by atoms with Crippen molar-refractivity contribution >= 4 is 143 Å². The van der Waals surface area contributed by atoms with Gasteiger partial charge in [0.25, 0.3) is 0 Å². The number of amides is 15. The van der Waals surface area contributed by atoms with Gasteiger partial charge in [-0.05, 0) is 95.6 Å². The number of hydrogen-bond donors (Lipinski definition) is 25. The lowest BCUT2D eigenvalue weighted by molar-refractivity contribution is -0.144. The number of nitrogens with two attached hydrogens (primary N) is 3. The second-order valence-electron chi connectivity index (χ2n) is 27.8. The van der Waals surface area contributed by atoms with E-state index in [4.69, 9.17) is 27.7 Å². The molecule has 654 valence electrons. The van der Waals surface area contributed by atoms with Gasteiger partial charge in [0.15, 0.2) is 5.96 Å². The summed E-state index contributed by atoms with van der Waals surface area (Å²) in [6.07, 6.45) is -1.94.